The van der Waals surface area contributed by atoms with Crippen LogP contribution >= 0.6 is 0 Å². The molecule has 0 aromatic heterocycles. The van der Waals surface area contributed by atoms with Crippen LogP contribution in [-0.2, 0) is 11.8 Å². The Morgan fingerprint density at radius 2 is 1.87 bits per heavy atom. The van der Waals surface area contributed by atoms with Crippen LogP contribution in [0.5, 0.6) is 11.5 Å². The van der Waals surface area contributed by atoms with E-state index in [9.17, 15) is 10.2 Å². The second kappa shape index (κ2) is 5.44. The molecule has 4 bridgehead atoms. The van der Waals surface area contributed by atoms with Crippen LogP contribution in [-0.4, -0.2) is 34.1 Å². The molecule has 0 saturated heterocycles. The van der Waals surface area contributed by atoms with Crippen LogP contribution in [0.1, 0.15) is 84.3 Å². The van der Waals surface area contributed by atoms with Crippen molar-refractivity contribution in [3.63, 3.8) is 0 Å². The molecule has 5 aliphatic carbocycles. The van der Waals surface area contributed by atoms with Crippen LogP contribution in [0.4, 0.5) is 0 Å². The molecule has 7 rings (SSSR count). The summed E-state index contributed by atoms with van der Waals surface area (Å²) in [7, 11) is 1.71. The van der Waals surface area contributed by atoms with Crippen molar-refractivity contribution in [3.05, 3.63) is 23.3 Å². The van der Waals surface area contributed by atoms with Crippen molar-refractivity contribution >= 4 is 0 Å². The summed E-state index contributed by atoms with van der Waals surface area (Å²) in [6.45, 7) is 10.4. The standard InChI is InChI=1S/C27H38O4/c1-22(2,3)23(4,28)19-15-25-12-13-27(19,29)24(5)26(25)11-7-8-17(25)14-16-9-10-18(30-6)21(31-24)20(16)26/h9-10,17,19,28-29H,7-8,11-15H2,1-6H3/t17-,19-,23+,24+,25-,26?,27-/m1/s1. The Morgan fingerprint density at radius 3 is 2.55 bits per heavy atom. The molecular weight excluding hydrogens is 388 g/mol. The lowest BCUT2D eigenvalue weighted by atomic mass is 9.28. The van der Waals surface area contributed by atoms with E-state index in [0.29, 0.717) is 12.3 Å². The zero-order valence-corrected chi connectivity index (χ0v) is 20.0. The van der Waals surface area contributed by atoms with Crippen LogP contribution in [0.25, 0.3) is 0 Å². The average Bonchev–Trinajstić information content (AvgIpc) is 2.97. The number of aliphatic hydroxyl groups is 2. The molecule has 1 aliphatic heterocycles. The van der Waals surface area contributed by atoms with Gasteiger partial charge in [-0.3, -0.25) is 0 Å². The Morgan fingerprint density at radius 1 is 1.13 bits per heavy atom. The zero-order valence-electron chi connectivity index (χ0n) is 20.0. The molecule has 2 spiro atoms. The van der Waals surface area contributed by atoms with Gasteiger partial charge in [0.15, 0.2) is 11.5 Å². The molecule has 0 radical (unpaired) electrons. The lowest BCUT2D eigenvalue weighted by Gasteiger charge is -2.77. The van der Waals surface area contributed by atoms with Crippen molar-refractivity contribution in [1.29, 1.82) is 0 Å². The topological polar surface area (TPSA) is 58.9 Å². The van der Waals surface area contributed by atoms with E-state index < -0.39 is 16.8 Å². The molecule has 2 N–H and O–H groups in total. The summed E-state index contributed by atoms with van der Waals surface area (Å²) in [6, 6.07) is 4.29. The molecular formula is C27H38O4. The molecule has 1 aromatic rings. The minimum atomic E-state index is -1.09. The maximum Gasteiger partial charge on any atom is 0.166 e. The lowest BCUT2D eigenvalue weighted by Crippen LogP contribution is -2.84. The average molecular weight is 427 g/mol. The summed E-state index contributed by atoms with van der Waals surface area (Å²) in [5, 5.41) is 24.6. The highest BCUT2D eigenvalue weighted by molar-refractivity contribution is 5.64. The first-order valence-electron chi connectivity index (χ1n) is 12.2. The van der Waals surface area contributed by atoms with Crippen molar-refractivity contribution in [2.75, 3.05) is 7.11 Å². The maximum absolute atomic E-state index is 12.7. The van der Waals surface area contributed by atoms with Gasteiger partial charge in [-0.05, 0) is 80.8 Å². The number of ether oxygens (including phenoxy) is 2. The van der Waals surface area contributed by atoms with E-state index in [1.807, 2.05) is 13.0 Å². The molecule has 1 unspecified atom stereocenters. The van der Waals surface area contributed by atoms with Gasteiger partial charge in [0.05, 0.1) is 12.7 Å². The number of benzene rings is 1. The van der Waals surface area contributed by atoms with Crippen LogP contribution in [0.2, 0.25) is 0 Å². The van der Waals surface area contributed by atoms with Crippen molar-refractivity contribution in [2.45, 2.75) is 102 Å². The third-order valence-corrected chi connectivity index (χ3v) is 11.3. The molecule has 7 atom stereocenters. The highest BCUT2D eigenvalue weighted by Crippen LogP contribution is 2.82. The molecule has 6 aliphatic rings. The fraction of sp³-hybridized carbons (Fsp3) is 0.778. The number of fused-ring (bicyclic) bond motifs is 2. The summed E-state index contributed by atoms with van der Waals surface area (Å²) in [5.41, 5.74) is -0.609. The highest BCUT2D eigenvalue weighted by atomic mass is 16.5. The van der Waals surface area contributed by atoms with Gasteiger partial charge in [0, 0.05) is 16.9 Å². The first-order chi connectivity index (χ1) is 14.4. The summed E-state index contributed by atoms with van der Waals surface area (Å²) in [5.74, 6) is 2.00. The Kier molecular flexibility index (Phi) is 3.57. The third-order valence-electron chi connectivity index (χ3n) is 11.3. The van der Waals surface area contributed by atoms with E-state index in [2.05, 4.69) is 33.8 Å². The Balaban J connectivity index is 1.67. The Bertz CT molecular complexity index is 976. The zero-order chi connectivity index (χ0) is 22.2. The maximum atomic E-state index is 12.7. The lowest BCUT2D eigenvalue weighted by molar-refractivity contribution is -0.336. The van der Waals surface area contributed by atoms with E-state index in [0.717, 1.165) is 37.2 Å². The smallest absolute Gasteiger partial charge is 0.166 e. The third kappa shape index (κ3) is 1.84. The second-order valence-corrected chi connectivity index (χ2v) is 12.7. The van der Waals surface area contributed by atoms with Gasteiger partial charge >= 0.3 is 0 Å². The first-order valence-corrected chi connectivity index (χ1v) is 12.2. The fourth-order valence-electron chi connectivity index (χ4n) is 9.37. The highest BCUT2D eigenvalue weighted by Gasteiger charge is 2.85. The van der Waals surface area contributed by atoms with Gasteiger partial charge in [-0.1, -0.05) is 33.3 Å². The van der Waals surface area contributed by atoms with Gasteiger partial charge in [0.25, 0.3) is 0 Å². The molecule has 0 amide bonds. The predicted molar refractivity (Wildman–Crippen MR) is 120 cm³/mol. The van der Waals surface area contributed by atoms with E-state index >= 15 is 0 Å². The van der Waals surface area contributed by atoms with Gasteiger partial charge < -0.3 is 19.7 Å². The quantitative estimate of drug-likeness (QED) is 0.715. The second-order valence-electron chi connectivity index (χ2n) is 12.7. The molecule has 31 heavy (non-hydrogen) atoms. The summed E-state index contributed by atoms with van der Waals surface area (Å²) in [6.07, 6.45) is 7.16. The van der Waals surface area contributed by atoms with Crippen molar-refractivity contribution < 1.29 is 19.7 Å². The number of hydrogen-bond acceptors (Lipinski definition) is 4. The van der Waals surface area contributed by atoms with Gasteiger partial charge in [-0.25, -0.2) is 0 Å². The minimum absolute atomic E-state index is 0.0645. The van der Waals surface area contributed by atoms with E-state index in [1.165, 1.54) is 24.0 Å². The molecule has 4 nitrogen and oxygen atoms in total. The van der Waals surface area contributed by atoms with Crippen LogP contribution in [0, 0.1) is 22.7 Å². The normalized spacial score (nSPS) is 46.2. The SMILES string of the molecule is COc1ccc2c3c1O[C@@]1(C)C34CCC[C@H](C2)[C@]42CC[C@@]1(O)[C@@H]([C@](C)(O)C(C)(C)C)C2. The molecule has 4 saturated carbocycles. The van der Waals surface area contributed by atoms with E-state index in [1.54, 1.807) is 7.11 Å². The summed E-state index contributed by atoms with van der Waals surface area (Å²) < 4.78 is 12.7. The minimum Gasteiger partial charge on any atom is -0.493 e. The Hall–Kier alpha value is -1.26. The Labute approximate surface area is 186 Å². The summed E-state index contributed by atoms with van der Waals surface area (Å²) in [4.78, 5) is 0. The van der Waals surface area contributed by atoms with Gasteiger partial charge in [-0.15, -0.1) is 0 Å². The van der Waals surface area contributed by atoms with Gasteiger partial charge in [0.1, 0.15) is 11.2 Å². The predicted octanol–water partition coefficient (Wildman–Crippen LogP) is 4.77. The summed E-state index contributed by atoms with van der Waals surface area (Å²) >= 11 is 0. The molecule has 170 valence electrons. The van der Waals surface area contributed by atoms with Crippen LogP contribution in [0.3, 0.4) is 0 Å². The molecule has 4 fully saturated rings. The number of hydrogen-bond donors (Lipinski definition) is 2. The van der Waals surface area contributed by atoms with Crippen LogP contribution < -0.4 is 9.47 Å². The molecule has 4 heteroatoms. The number of rotatable bonds is 2. The first kappa shape index (κ1) is 20.4. The van der Waals surface area contributed by atoms with E-state index in [-0.39, 0.29) is 22.2 Å². The van der Waals surface area contributed by atoms with Crippen molar-refractivity contribution in [3.8, 4) is 11.5 Å². The molecule has 1 aromatic carbocycles. The van der Waals surface area contributed by atoms with Gasteiger partial charge in [0.2, 0.25) is 0 Å². The van der Waals surface area contributed by atoms with Crippen molar-refractivity contribution in [1.82, 2.24) is 0 Å². The van der Waals surface area contributed by atoms with Gasteiger partial charge in [-0.2, -0.15) is 0 Å². The molecule has 1 heterocycles. The largest absolute Gasteiger partial charge is 0.493 e. The van der Waals surface area contributed by atoms with Crippen LogP contribution in [0.15, 0.2) is 12.1 Å². The number of methoxy groups -OCH3 is 1. The fourth-order valence-corrected chi connectivity index (χ4v) is 9.37. The van der Waals surface area contributed by atoms with Crippen molar-refractivity contribution in [2.24, 2.45) is 22.7 Å². The monoisotopic (exact) mass is 426 g/mol. The van der Waals surface area contributed by atoms with E-state index in [4.69, 9.17) is 9.47 Å².